The predicted octanol–water partition coefficient (Wildman–Crippen LogP) is 3.92. The number of benzene rings is 1. The van der Waals surface area contributed by atoms with Gasteiger partial charge in [-0.3, -0.25) is 0 Å². The zero-order chi connectivity index (χ0) is 11.4. The van der Waals surface area contributed by atoms with E-state index >= 15 is 0 Å². The molecule has 0 amide bonds. The van der Waals surface area contributed by atoms with Gasteiger partial charge < -0.3 is 9.73 Å². The molecule has 2 aromatic rings. The minimum absolute atomic E-state index is 0.711. The van der Waals surface area contributed by atoms with E-state index < -0.39 is 0 Å². The zero-order valence-corrected chi connectivity index (χ0v) is 10.4. The molecule has 2 nitrogen and oxygen atoms in total. The van der Waals surface area contributed by atoms with E-state index in [4.69, 9.17) is 16.0 Å². The van der Waals surface area contributed by atoms with Gasteiger partial charge in [0.2, 0.25) is 0 Å². The Hall–Kier alpha value is -0.730. The summed E-state index contributed by atoms with van der Waals surface area (Å²) in [5.74, 6) is 1.11. The molecule has 1 aliphatic carbocycles. The Balaban J connectivity index is 0.000000120. The fraction of sp³-hybridized carbons (Fsp3) is 0.538. The van der Waals surface area contributed by atoms with Crippen molar-refractivity contribution < 1.29 is 4.42 Å². The SMILES string of the molecule is CNCCCC1CC1.Clc1cc2ccc1o2. The summed E-state index contributed by atoms with van der Waals surface area (Å²) in [5.41, 5.74) is 1.63. The highest BCUT2D eigenvalue weighted by atomic mass is 35.5. The van der Waals surface area contributed by atoms with Gasteiger partial charge in [0.1, 0.15) is 11.2 Å². The Morgan fingerprint density at radius 1 is 1.44 bits per heavy atom. The Bertz CT molecular complexity index is 408. The van der Waals surface area contributed by atoms with Gasteiger partial charge in [-0.05, 0) is 44.5 Å². The van der Waals surface area contributed by atoms with Gasteiger partial charge in [0, 0.05) is 6.07 Å². The highest BCUT2D eigenvalue weighted by molar-refractivity contribution is 6.34. The monoisotopic (exact) mass is 239 g/mol. The van der Waals surface area contributed by atoms with E-state index in [0.29, 0.717) is 5.02 Å². The summed E-state index contributed by atoms with van der Waals surface area (Å²) in [7, 11) is 2.02. The molecule has 2 bridgehead atoms. The van der Waals surface area contributed by atoms with E-state index in [9.17, 15) is 0 Å². The predicted molar refractivity (Wildman–Crippen MR) is 68.3 cm³/mol. The van der Waals surface area contributed by atoms with Gasteiger partial charge >= 0.3 is 0 Å². The van der Waals surface area contributed by atoms with Crippen LogP contribution in [0.15, 0.2) is 22.6 Å². The van der Waals surface area contributed by atoms with E-state index in [2.05, 4.69) is 5.32 Å². The van der Waals surface area contributed by atoms with E-state index in [1.165, 1.54) is 32.2 Å². The van der Waals surface area contributed by atoms with Crippen LogP contribution in [-0.4, -0.2) is 13.6 Å². The number of hydrogen-bond donors (Lipinski definition) is 1. The van der Waals surface area contributed by atoms with Crippen molar-refractivity contribution in [3.8, 4) is 0 Å². The van der Waals surface area contributed by atoms with Crippen LogP contribution in [0.25, 0.3) is 11.2 Å². The van der Waals surface area contributed by atoms with Crippen LogP contribution in [0.4, 0.5) is 0 Å². The molecule has 0 radical (unpaired) electrons. The molecule has 1 saturated carbocycles. The molecule has 88 valence electrons. The number of fused-ring (bicyclic) bond motifs is 2. The van der Waals surface area contributed by atoms with Crippen molar-refractivity contribution in [2.75, 3.05) is 13.6 Å². The summed E-state index contributed by atoms with van der Waals surface area (Å²) >= 11 is 5.64. The molecule has 2 heterocycles. The fourth-order valence-corrected chi connectivity index (χ4v) is 1.94. The lowest BCUT2D eigenvalue weighted by atomic mass is 10.2. The van der Waals surface area contributed by atoms with Crippen molar-refractivity contribution in [1.29, 1.82) is 0 Å². The number of furan rings is 2. The molecule has 16 heavy (non-hydrogen) atoms. The Morgan fingerprint density at radius 3 is 2.62 bits per heavy atom. The number of halogens is 1. The van der Waals surface area contributed by atoms with Crippen molar-refractivity contribution in [3.05, 3.63) is 23.2 Å². The lowest BCUT2D eigenvalue weighted by Gasteiger charge is -1.94. The Labute approximate surface area is 101 Å². The molecule has 0 spiro atoms. The van der Waals surface area contributed by atoms with Crippen molar-refractivity contribution >= 4 is 22.8 Å². The standard InChI is InChI=1S/C7H15N.C6H3ClO/c1-8-6-2-3-7-4-5-7;7-5-3-4-1-2-6(5)8-4/h7-8H,2-6H2,1H3;1-3H. The smallest absolute Gasteiger partial charge is 0.146 e. The van der Waals surface area contributed by atoms with E-state index in [-0.39, 0.29) is 0 Å². The summed E-state index contributed by atoms with van der Waals surface area (Å²) in [6, 6.07) is 5.55. The van der Waals surface area contributed by atoms with Gasteiger partial charge in [0.25, 0.3) is 0 Å². The van der Waals surface area contributed by atoms with E-state index in [1.54, 1.807) is 6.07 Å². The summed E-state index contributed by atoms with van der Waals surface area (Å²) in [6.07, 6.45) is 5.84. The van der Waals surface area contributed by atoms with Crippen molar-refractivity contribution in [1.82, 2.24) is 5.32 Å². The maximum atomic E-state index is 5.64. The lowest BCUT2D eigenvalue weighted by molar-refractivity contribution is 0.631. The average molecular weight is 240 g/mol. The van der Waals surface area contributed by atoms with Crippen molar-refractivity contribution in [2.24, 2.45) is 5.92 Å². The first-order valence-corrected chi connectivity index (χ1v) is 6.29. The molecule has 0 atom stereocenters. The fourth-order valence-electron chi connectivity index (χ4n) is 1.73. The third-order valence-corrected chi connectivity index (χ3v) is 3.16. The average Bonchev–Trinajstić information content (AvgIpc) is 2.88. The zero-order valence-electron chi connectivity index (χ0n) is 9.63. The second-order valence-corrected chi connectivity index (χ2v) is 4.79. The molecule has 0 saturated heterocycles. The first-order valence-electron chi connectivity index (χ1n) is 5.91. The minimum atomic E-state index is 0.711. The molecule has 1 N–H and O–H groups in total. The largest absolute Gasteiger partial charge is 0.456 e. The minimum Gasteiger partial charge on any atom is -0.456 e. The molecule has 1 aliphatic rings. The Morgan fingerprint density at radius 2 is 2.25 bits per heavy atom. The number of nitrogens with one attached hydrogen (secondary N) is 1. The van der Waals surface area contributed by atoms with Gasteiger partial charge in [0.15, 0.2) is 0 Å². The third kappa shape index (κ3) is 3.39. The van der Waals surface area contributed by atoms with Crippen LogP contribution in [0.1, 0.15) is 25.7 Å². The molecule has 3 rings (SSSR count). The van der Waals surface area contributed by atoms with Crippen molar-refractivity contribution in [3.63, 3.8) is 0 Å². The third-order valence-electron chi connectivity index (χ3n) is 2.87. The van der Waals surface area contributed by atoms with Gasteiger partial charge in [0.05, 0.1) is 5.02 Å². The van der Waals surface area contributed by atoms with E-state index in [1.807, 2.05) is 19.2 Å². The maximum Gasteiger partial charge on any atom is 0.146 e. The number of rotatable bonds is 4. The lowest BCUT2D eigenvalue weighted by Crippen LogP contribution is -2.07. The van der Waals surface area contributed by atoms with Crippen LogP contribution in [-0.2, 0) is 0 Å². The quantitative estimate of drug-likeness (QED) is 0.819. The van der Waals surface area contributed by atoms with Gasteiger partial charge in [-0.15, -0.1) is 0 Å². The summed E-state index contributed by atoms with van der Waals surface area (Å²) in [6.45, 7) is 1.20. The topological polar surface area (TPSA) is 25.2 Å². The highest BCUT2D eigenvalue weighted by Crippen LogP contribution is 2.33. The highest BCUT2D eigenvalue weighted by Gasteiger charge is 2.19. The first-order chi connectivity index (χ1) is 7.79. The van der Waals surface area contributed by atoms with Crippen LogP contribution in [0.2, 0.25) is 5.02 Å². The van der Waals surface area contributed by atoms with Crippen LogP contribution in [0.3, 0.4) is 0 Å². The van der Waals surface area contributed by atoms with E-state index in [0.717, 1.165) is 17.1 Å². The van der Waals surface area contributed by atoms with Crippen LogP contribution >= 0.6 is 11.6 Å². The Kier molecular flexibility index (Phi) is 4.08. The van der Waals surface area contributed by atoms with Crippen LogP contribution in [0.5, 0.6) is 0 Å². The molecule has 2 aromatic heterocycles. The van der Waals surface area contributed by atoms with Gasteiger partial charge in [-0.25, -0.2) is 0 Å². The molecule has 0 aliphatic heterocycles. The maximum absolute atomic E-state index is 5.64. The first kappa shape index (κ1) is 11.7. The van der Waals surface area contributed by atoms with Gasteiger partial charge in [-0.1, -0.05) is 24.4 Å². The van der Waals surface area contributed by atoms with Crippen LogP contribution < -0.4 is 5.32 Å². The molecule has 3 heteroatoms. The second-order valence-electron chi connectivity index (χ2n) is 4.38. The molecule has 1 fully saturated rings. The molecular formula is C13H18ClNO. The van der Waals surface area contributed by atoms with Crippen LogP contribution in [0, 0.1) is 5.92 Å². The second kappa shape index (κ2) is 5.55. The van der Waals surface area contributed by atoms with Crippen molar-refractivity contribution in [2.45, 2.75) is 25.7 Å². The summed E-state index contributed by atoms with van der Waals surface area (Å²) in [5, 5.41) is 3.86. The normalized spacial score (nSPS) is 15.1. The number of hydrogen-bond acceptors (Lipinski definition) is 2. The molecule has 0 aromatic carbocycles. The molecular weight excluding hydrogens is 222 g/mol. The molecule has 0 unspecified atom stereocenters. The van der Waals surface area contributed by atoms with Gasteiger partial charge in [-0.2, -0.15) is 0 Å². The summed E-state index contributed by atoms with van der Waals surface area (Å²) < 4.78 is 5.08. The summed E-state index contributed by atoms with van der Waals surface area (Å²) in [4.78, 5) is 0.